The van der Waals surface area contributed by atoms with Crippen LogP contribution in [0, 0.1) is 6.92 Å². The predicted octanol–water partition coefficient (Wildman–Crippen LogP) is 1.35. The largest absolute Gasteiger partial charge is 0.281 e. The number of benzene rings is 1. The number of amides is 1. The Labute approximate surface area is 64.8 Å². The monoisotopic (exact) mass is 151 g/mol. The lowest BCUT2D eigenvalue weighted by atomic mass is 10.2. The molecule has 0 aliphatic rings. The van der Waals surface area contributed by atoms with Crippen LogP contribution in [0.1, 0.15) is 5.56 Å². The fraction of sp³-hybridized carbons (Fsp3) is 0.125. The minimum atomic E-state index is 0.352. The second kappa shape index (κ2) is 3.16. The molecule has 0 radical (unpaired) electrons. The molecule has 0 saturated heterocycles. The van der Waals surface area contributed by atoms with Gasteiger partial charge in [0.25, 0.3) is 0 Å². The van der Waals surface area contributed by atoms with Crippen LogP contribution in [0.5, 0.6) is 0 Å². The Morgan fingerprint density at radius 1 is 1.36 bits per heavy atom. The quantitative estimate of drug-likeness (QED) is 0.393. The molecule has 0 saturated carbocycles. The van der Waals surface area contributed by atoms with Crippen LogP contribution in [0.4, 0.5) is 5.69 Å². The van der Waals surface area contributed by atoms with Crippen molar-refractivity contribution in [3.63, 3.8) is 0 Å². The van der Waals surface area contributed by atoms with E-state index in [2.05, 4.69) is 0 Å². The molecule has 0 aromatic heterocycles. The summed E-state index contributed by atoms with van der Waals surface area (Å²) in [6.07, 6.45) is 0.352. The van der Waals surface area contributed by atoms with Crippen molar-refractivity contribution >= 4 is 12.1 Å². The maximum absolute atomic E-state index is 10.1. The number of aryl methyl sites for hydroxylation is 1. The van der Waals surface area contributed by atoms with Crippen molar-refractivity contribution in [2.75, 3.05) is 5.06 Å². The molecule has 0 spiro atoms. The van der Waals surface area contributed by atoms with Gasteiger partial charge in [0.05, 0.1) is 5.69 Å². The molecule has 1 aromatic carbocycles. The van der Waals surface area contributed by atoms with Crippen LogP contribution >= 0.6 is 0 Å². The molecule has 1 aromatic rings. The maximum atomic E-state index is 10.1. The van der Waals surface area contributed by atoms with Crippen LogP contribution in [0.3, 0.4) is 0 Å². The van der Waals surface area contributed by atoms with Crippen molar-refractivity contribution in [2.24, 2.45) is 0 Å². The Bertz CT molecular complexity index is 243. The van der Waals surface area contributed by atoms with Crippen LogP contribution in [0.2, 0.25) is 0 Å². The van der Waals surface area contributed by atoms with Gasteiger partial charge in [0.15, 0.2) is 0 Å². The molecule has 0 aliphatic carbocycles. The van der Waals surface area contributed by atoms with E-state index in [9.17, 15) is 4.79 Å². The van der Waals surface area contributed by atoms with Crippen molar-refractivity contribution in [2.45, 2.75) is 6.92 Å². The number of hydrogen-bond donors (Lipinski definition) is 1. The summed E-state index contributed by atoms with van der Waals surface area (Å²) in [5, 5.41) is 9.43. The molecule has 0 bridgehead atoms. The highest BCUT2D eigenvalue weighted by atomic mass is 16.5. The van der Waals surface area contributed by atoms with Gasteiger partial charge in [0.2, 0.25) is 6.41 Å². The summed E-state index contributed by atoms with van der Waals surface area (Å²) in [6, 6.07) is 6.98. The number of hydrogen-bond acceptors (Lipinski definition) is 2. The molecule has 0 aliphatic heterocycles. The van der Waals surface area contributed by atoms with Crippen LogP contribution in [0.25, 0.3) is 0 Å². The van der Waals surface area contributed by atoms with Crippen LogP contribution in [0.15, 0.2) is 24.3 Å². The van der Waals surface area contributed by atoms with E-state index in [0.29, 0.717) is 17.2 Å². The topological polar surface area (TPSA) is 40.5 Å². The maximum Gasteiger partial charge on any atom is 0.237 e. The Morgan fingerprint density at radius 2 is 1.91 bits per heavy atom. The lowest BCUT2D eigenvalue weighted by Gasteiger charge is -2.07. The molecular formula is C8H9NO2. The molecule has 3 nitrogen and oxygen atoms in total. The molecule has 0 fully saturated rings. The van der Waals surface area contributed by atoms with Crippen LogP contribution in [-0.2, 0) is 4.79 Å². The van der Waals surface area contributed by atoms with Gasteiger partial charge in [-0.05, 0) is 19.1 Å². The summed E-state index contributed by atoms with van der Waals surface area (Å²) in [6.45, 7) is 1.94. The van der Waals surface area contributed by atoms with E-state index in [1.54, 1.807) is 12.1 Å². The van der Waals surface area contributed by atoms with Crippen molar-refractivity contribution in [3.8, 4) is 0 Å². The number of carbonyl (C=O) groups is 1. The normalized spacial score (nSPS) is 9.27. The molecule has 0 unspecified atom stereocenters. The number of nitrogens with zero attached hydrogens (tertiary/aromatic N) is 1. The van der Waals surface area contributed by atoms with Gasteiger partial charge >= 0.3 is 0 Å². The highest BCUT2D eigenvalue weighted by molar-refractivity contribution is 5.71. The van der Waals surface area contributed by atoms with Crippen molar-refractivity contribution in [1.82, 2.24) is 0 Å². The number of hydroxylamine groups is 1. The van der Waals surface area contributed by atoms with Crippen molar-refractivity contribution in [1.29, 1.82) is 0 Å². The summed E-state index contributed by atoms with van der Waals surface area (Å²) in [4.78, 5) is 10.1. The van der Waals surface area contributed by atoms with E-state index in [4.69, 9.17) is 5.21 Å². The van der Waals surface area contributed by atoms with Crippen LogP contribution < -0.4 is 5.06 Å². The summed E-state index contributed by atoms with van der Waals surface area (Å²) >= 11 is 0. The molecule has 11 heavy (non-hydrogen) atoms. The fourth-order valence-corrected chi connectivity index (χ4v) is 0.758. The van der Waals surface area contributed by atoms with E-state index >= 15 is 0 Å². The second-order valence-corrected chi connectivity index (χ2v) is 2.29. The highest BCUT2D eigenvalue weighted by Gasteiger charge is 1.97. The lowest BCUT2D eigenvalue weighted by molar-refractivity contribution is -0.111. The zero-order chi connectivity index (χ0) is 8.27. The summed E-state index contributed by atoms with van der Waals surface area (Å²) in [5.74, 6) is 0. The summed E-state index contributed by atoms with van der Waals surface area (Å²) < 4.78 is 0. The first-order valence-electron chi connectivity index (χ1n) is 3.24. The minimum absolute atomic E-state index is 0.352. The van der Waals surface area contributed by atoms with Gasteiger partial charge in [-0.1, -0.05) is 17.7 Å². The van der Waals surface area contributed by atoms with E-state index < -0.39 is 0 Å². The third kappa shape index (κ3) is 1.78. The average Bonchev–Trinajstić information content (AvgIpc) is 2.05. The van der Waals surface area contributed by atoms with Gasteiger partial charge < -0.3 is 0 Å². The van der Waals surface area contributed by atoms with Gasteiger partial charge in [-0.25, -0.2) is 0 Å². The van der Waals surface area contributed by atoms with Gasteiger partial charge in [0, 0.05) is 0 Å². The third-order valence-corrected chi connectivity index (χ3v) is 1.40. The SMILES string of the molecule is Cc1ccc(N(O)C=O)cc1. The Hall–Kier alpha value is -1.35. The standard InChI is InChI=1S/C8H9NO2/c1-7-2-4-8(5-3-7)9(11)6-10/h2-6,11H,1H3. The molecule has 1 rings (SSSR count). The van der Waals surface area contributed by atoms with Gasteiger partial charge in [-0.3, -0.25) is 10.0 Å². The lowest BCUT2D eigenvalue weighted by Crippen LogP contribution is -2.14. The highest BCUT2D eigenvalue weighted by Crippen LogP contribution is 2.10. The van der Waals surface area contributed by atoms with Gasteiger partial charge in [-0.15, -0.1) is 0 Å². The number of rotatable bonds is 2. The van der Waals surface area contributed by atoms with Crippen molar-refractivity contribution < 1.29 is 10.0 Å². The molecule has 0 heterocycles. The van der Waals surface area contributed by atoms with Crippen LogP contribution in [-0.4, -0.2) is 11.6 Å². The average molecular weight is 151 g/mol. The first-order valence-corrected chi connectivity index (χ1v) is 3.24. The van der Waals surface area contributed by atoms with Gasteiger partial charge in [-0.2, -0.15) is 5.06 Å². The minimum Gasteiger partial charge on any atom is -0.281 e. The fourth-order valence-electron chi connectivity index (χ4n) is 0.758. The molecule has 58 valence electrons. The van der Waals surface area contributed by atoms with E-state index in [-0.39, 0.29) is 0 Å². The molecule has 1 N–H and O–H groups in total. The smallest absolute Gasteiger partial charge is 0.237 e. The predicted molar refractivity (Wildman–Crippen MR) is 41.5 cm³/mol. The number of carbonyl (C=O) groups excluding carboxylic acids is 1. The van der Waals surface area contributed by atoms with Crippen molar-refractivity contribution in [3.05, 3.63) is 29.8 Å². The van der Waals surface area contributed by atoms with E-state index in [1.165, 1.54) is 0 Å². The summed E-state index contributed by atoms with van der Waals surface area (Å²) in [7, 11) is 0. The number of anilines is 1. The Balaban J connectivity index is 2.89. The molecule has 1 amide bonds. The zero-order valence-corrected chi connectivity index (χ0v) is 6.19. The Kier molecular flexibility index (Phi) is 2.23. The zero-order valence-electron chi connectivity index (χ0n) is 6.19. The molecular weight excluding hydrogens is 142 g/mol. The summed E-state index contributed by atoms with van der Waals surface area (Å²) in [5.41, 5.74) is 1.57. The van der Waals surface area contributed by atoms with E-state index in [0.717, 1.165) is 5.56 Å². The first-order chi connectivity index (χ1) is 5.24. The second-order valence-electron chi connectivity index (χ2n) is 2.29. The van der Waals surface area contributed by atoms with E-state index in [1.807, 2.05) is 19.1 Å². The molecule has 3 heteroatoms. The third-order valence-electron chi connectivity index (χ3n) is 1.40. The first kappa shape index (κ1) is 7.75. The molecule has 0 atom stereocenters. The van der Waals surface area contributed by atoms with Gasteiger partial charge in [0.1, 0.15) is 0 Å². The Morgan fingerprint density at radius 3 is 2.36 bits per heavy atom.